The molecule has 5 nitrogen and oxygen atoms in total. The second-order valence-corrected chi connectivity index (χ2v) is 9.67. The summed E-state index contributed by atoms with van der Waals surface area (Å²) in [5.74, 6) is -0.255. The number of ether oxygens (including phenoxy) is 1. The van der Waals surface area contributed by atoms with E-state index in [1.165, 1.54) is 10.4 Å². The molecule has 1 aromatic heterocycles. The van der Waals surface area contributed by atoms with Crippen LogP contribution in [-0.2, 0) is 16.0 Å². The Labute approximate surface area is 209 Å². The monoisotopic (exact) mass is 496 g/mol. The van der Waals surface area contributed by atoms with Crippen LogP contribution in [0.4, 0.5) is 0 Å². The zero-order chi connectivity index (χ0) is 23.9. The van der Waals surface area contributed by atoms with Crippen LogP contribution in [0.15, 0.2) is 66.0 Å². The Morgan fingerprint density at radius 3 is 2.74 bits per heavy atom. The van der Waals surface area contributed by atoms with E-state index in [1.807, 2.05) is 30.0 Å². The lowest BCUT2D eigenvalue weighted by Gasteiger charge is -2.37. The van der Waals surface area contributed by atoms with Crippen LogP contribution in [0.1, 0.15) is 45.7 Å². The van der Waals surface area contributed by atoms with Gasteiger partial charge in [0.05, 0.1) is 6.04 Å². The molecule has 2 aromatic carbocycles. The van der Waals surface area contributed by atoms with Crippen molar-refractivity contribution in [2.24, 2.45) is 0 Å². The van der Waals surface area contributed by atoms with Crippen LogP contribution in [0.5, 0.6) is 0 Å². The maximum atomic E-state index is 13.7. The van der Waals surface area contributed by atoms with Crippen molar-refractivity contribution in [3.05, 3.63) is 92.6 Å². The highest BCUT2D eigenvalue weighted by Crippen LogP contribution is 2.37. The van der Waals surface area contributed by atoms with Gasteiger partial charge in [0.25, 0.3) is 5.91 Å². The maximum absolute atomic E-state index is 13.7. The Morgan fingerprint density at radius 1 is 1.15 bits per heavy atom. The predicted octanol–water partition coefficient (Wildman–Crippen LogP) is 5.44. The fraction of sp³-hybridized carbons (Fsp3) is 0.333. The van der Waals surface area contributed by atoms with Crippen LogP contribution in [0.25, 0.3) is 0 Å². The molecule has 178 valence electrons. The van der Waals surface area contributed by atoms with Gasteiger partial charge in [-0.1, -0.05) is 48.0 Å². The first-order valence-electron chi connectivity index (χ1n) is 11.6. The second kappa shape index (κ2) is 11.6. The molecular formula is C27H29ClN2O3S. The Kier molecular flexibility index (Phi) is 8.38. The van der Waals surface area contributed by atoms with Crippen LogP contribution in [-0.4, -0.2) is 54.5 Å². The van der Waals surface area contributed by atoms with Crippen molar-refractivity contribution in [3.63, 3.8) is 0 Å². The van der Waals surface area contributed by atoms with Gasteiger partial charge in [0.2, 0.25) is 5.91 Å². The lowest BCUT2D eigenvalue weighted by molar-refractivity contribution is -0.134. The van der Waals surface area contributed by atoms with Crippen molar-refractivity contribution < 1.29 is 14.3 Å². The van der Waals surface area contributed by atoms with Crippen molar-refractivity contribution in [2.45, 2.75) is 25.8 Å². The number of hydrogen-bond acceptors (Lipinski definition) is 4. The first-order chi connectivity index (χ1) is 16.6. The first kappa shape index (κ1) is 24.5. The third-order valence-corrected chi connectivity index (χ3v) is 7.24. The summed E-state index contributed by atoms with van der Waals surface area (Å²) >= 11 is 7.87. The molecule has 3 aromatic rings. The number of thiophene rings is 1. The van der Waals surface area contributed by atoms with E-state index in [1.54, 1.807) is 40.5 Å². The number of halogens is 1. The molecule has 1 atom stereocenters. The minimum atomic E-state index is -0.197. The van der Waals surface area contributed by atoms with Crippen LogP contribution >= 0.6 is 22.9 Å². The number of carbonyl (C=O) groups excluding carboxylic acids is 2. The molecule has 0 N–H and O–H groups in total. The zero-order valence-electron chi connectivity index (χ0n) is 19.3. The van der Waals surface area contributed by atoms with Gasteiger partial charge in [0, 0.05) is 41.8 Å². The van der Waals surface area contributed by atoms with E-state index >= 15 is 0 Å². The summed E-state index contributed by atoms with van der Waals surface area (Å²) in [7, 11) is 0. The minimum absolute atomic E-state index is 0.0142. The number of rotatable bonds is 9. The lowest BCUT2D eigenvalue weighted by atomic mass is 9.93. The van der Waals surface area contributed by atoms with E-state index in [9.17, 15) is 9.59 Å². The van der Waals surface area contributed by atoms with E-state index in [2.05, 4.69) is 23.6 Å². The van der Waals surface area contributed by atoms with Crippen molar-refractivity contribution >= 4 is 34.8 Å². The summed E-state index contributed by atoms with van der Waals surface area (Å²) in [6.45, 7) is 4.18. The smallest absolute Gasteiger partial charge is 0.254 e. The zero-order valence-corrected chi connectivity index (χ0v) is 20.9. The molecule has 2 heterocycles. The molecule has 1 aliphatic rings. The quantitative estimate of drug-likeness (QED) is 0.370. The Balaban J connectivity index is 1.57. The molecular weight excluding hydrogens is 468 g/mol. The third-order valence-electron chi connectivity index (χ3n) is 6.01. The van der Waals surface area contributed by atoms with Crippen LogP contribution in [0, 0.1) is 0 Å². The molecule has 1 unspecified atom stereocenters. The summed E-state index contributed by atoms with van der Waals surface area (Å²) < 4.78 is 5.46. The number of nitrogens with zero attached hydrogens (tertiary/aromatic N) is 2. The van der Waals surface area contributed by atoms with Gasteiger partial charge in [-0.05, 0) is 60.5 Å². The summed E-state index contributed by atoms with van der Waals surface area (Å²) in [4.78, 5) is 31.9. The van der Waals surface area contributed by atoms with E-state index in [0.29, 0.717) is 43.3 Å². The molecule has 0 spiro atoms. The SMILES string of the molecule is CCOCCCN(CC(=O)N1CCc2sccc2C1c1ccccc1)C(=O)c1cccc(Cl)c1. The van der Waals surface area contributed by atoms with Gasteiger partial charge in [-0.25, -0.2) is 0 Å². The fourth-order valence-electron chi connectivity index (χ4n) is 4.39. The molecule has 0 fully saturated rings. The summed E-state index contributed by atoms with van der Waals surface area (Å²) in [5, 5.41) is 2.59. The van der Waals surface area contributed by atoms with Gasteiger partial charge < -0.3 is 14.5 Å². The van der Waals surface area contributed by atoms with Crippen molar-refractivity contribution in [3.8, 4) is 0 Å². The fourth-order valence-corrected chi connectivity index (χ4v) is 5.49. The van der Waals surface area contributed by atoms with Gasteiger partial charge in [0.15, 0.2) is 0 Å². The van der Waals surface area contributed by atoms with Crippen molar-refractivity contribution in [1.29, 1.82) is 0 Å². The Hall–Kier alpha value is -2.67. The average Bonchev–Trinajstić information content (AvgIpc) is 3.34. The van der Waals surface area contributed by atoms with Crippen LogP contribution in [0.2, 0.25) is 5.02 Å². The van der Waals surface area contributed by atoms with Crippen molar-refractivity contribution in [1.82, 2.24) is 9.80 Å². The van der Waals surface area contributed by atoms with E-state index in [-0.39, 0.29) is 24.4 Å². The van der Waals surface area contributed by atoms with Gasteiger partial charge in [-0.2, -0.15) is 0 Å². The van der Waals surface area contributed by atoms with Crippen LogP contribution in [0.3, 0.4) is 0 Å². The average molecular weight is 497 g/mol. The molecule has 0 bridgehead atoms. The van der Waals surface area contributed by atoms with E-state index in [4.69, 9.17) is 16.3 Å². The first-order valence-corrected chi connectivity index (χ1v) is 12.9. The van der Waals surface area contributed by atoms with E-state index in [0.717, 1.165) is 12.0 Å². The lowest BCUT2D eigenvalue weighted by Crippen LogP contribution is -2.47. The molecule has 7 heteroatoms. The molecule has 0 aliphatic carbocycles. The Morgan fingerprint density at radius 2 is 1.97 bits per heavy atom. The number of amides is 2. The highest BCUT2D eigenvalue weighted by Gasteiger charge is 2.34. The highest BCUT2D eigenvalue weighted by molar-refractivity contribution is 7.10. The van der Waals surface area contributed by atoms with Crippen LogP contribution < -0.4 is 0 Å². The third kappa shape index (κ3) is 5.69. The van der Waals surface area contributed by atoms with Gasteiger partial charge in [0.1, 0.15) is 6.54 Å². The largest absolute Gasteiger partial charge is 0.382 e. The summed E-state index contributed by atoms with van der Waals surface area (Å²) in [5.41, 5.74) is 2.74. The summed E-state index contributed by atoms with van der Waals surface area (Å²) in [6.07, 6.45) is 1.48. The molecule has 0 radical (unpaired) electrons. The second-order valence-electron chi connectivity index (χ2n) is 8.24. The predicted molar refractivity (Wildman–Crippen MR) is 136 cm³/mol. The number of carbonyl (C=O) groups is 2. The van der Waals surface area contributed by atoms with Gasteiger partial charge in [-0.15, -0.1) is 11.3 Å². The normalized spacial score (nSPS) is 15.1. The maximum Gasteiger partial charge on any atom is 0.254 e. The topological polar surface area (TPSA) is 49.9 Å². The number of fused-ring (bicyclic) bond motifs is 1. The summed E-state index contributed by atoms with van der Waals surface area (Å²) in [6, 6.07) is 19.0. The molecule has 34 heavy (non-hydrogen) atoms. The minimum Gasteiger partial charge on any atom is -0.382 e. The van der Waals surface area contributed by atoms with E-state index < -0.39 is 0 Å². The standard InChI is InChI=1S/C27H29ClN2O3S/c1-2-33-16-7-14-29(27(32)21-10-6-11-22(28)18-21)19-25(31)30-15-12-24-23(13-17-34-24)26(30)20-8-4-3-5-9-20/h3-6,8-11,13,17-18,26H,2,7,12,14-16,19H2,1H3. The molecule has 0 saturated carbocycles. The van der Waals surface area contributed by atoms with Gasteiger partial charge in [-0.3, -0.25) is 9.59 Å². The van der Waals surface area contributed by atoms with Crippen molar-refractivity contribution in [2.75, 3.05) is 32.8 Å². The van der Waals surface area contributed by atoms with Gasteiger partial charge >= 0.3 is 0 Å². The molecule has 1 aliphatic heterocycles. The molecule has 4 rings (SSSR count). The molecule has 2 amide bonds. The number of benzene rings is 2. The highest BCUT2D eigenvalue weighted by atomic mass is 35.5. The molecule has 0 saturated heterocycles. The number of hydrogen-bond donors (Lipinski definition) is 0. The Bertz CT molecular complexity index is 1120.